The van der Waals surface area contributed by atoms with Gasteiger partial charge in [0.2, 0.25) is 0 Å². The van der Waals surface area contributed by atoms with E-state index in [1.165, 1.54) is 26.9 Å². The molecule has 1 fully saturated rings. The smallest absolute Gasteiger partial charge is 0.338 e. The lowest BCUT2D eigenvalue weighted by molar-refractivity contribution is -0.163. The lowest BCUT2D eigenvalue weighted by Gasteiger charge is -2.34. The van der Waals surface area contributed by atoms with Crippen molar-refractivity contribution in [3.8, 4) is 0 Å². The maximum atomic E-state index is 11.5. The van der Waals surface area contributed by atoms with Crippen LogP contribution in [-0.4, -0.2) is 61.5 Å². The summed E-state index contributed by atoms with van der Waals surface area (Å²) in [4.78, 5) is 13.6. The molecule has 106 valence electrons. The highest BCUT2D eigenvalue weighted by Crippen LogP contribution is 2.35. The van der Waals surface area contributed by atoms with Crippen molar-refractivity contribution in [2.24, 2.45) is 5.92 Å². The molecule has 0 aromatic heterocycles. The van der Waals surface area contributed by atoms with Gasteiger partial charge in [0.15, 0.2) is 5.60 Å². The molecular formula is C13H25NO4. The molecular weight excluding hydrogens is 234 g/mol. The third-order valence-corrected chi connectivity index (χ3v) is 3.60. The minimum Gasteiger partial charge on any atom is -0.467 e. The summed E-state index contributed by atoms with van der Waals surface area (Å²) < 4.78 is 9.71. The summed E-state index contributed by atoms with van der Waals surface area (Å²) in [7, 11) is 2.94. The Balaban J connectivity index is 2.61. The molecule has 0 bridgehead atoms. The van der Waals surface area contributed by atoms with E-state index in [0.29, 0.717) is 25.1 Å². The predicted molar refractivity (Wildman–Crippen MR) is 68.3 cm³/mol. The topological polar surface area (TPSA) is 59.0 Å². The van der Waals surface area contributed by atoms with Crippen LogP contribution < -0.4 is 0 Å². The van der Waals surface area contributed by atoms with E-state index in [1.54, 1.807) is 7.11 Å². The number of rotatable bonds is 8. The van der Waals surface area contributed by atoms with Gasteiger partial charge in [0.1, 0.15) is 0 Å². The quantitative estimate of drug-likeness (QED) is 0.649. The Labute approximate surface area is 109 Å². The van der Waals surface area contributed by atoms with Crippen molar-refractivity contribution >= 4 is 5.97 Å². The number of nitrogens with zero attached hydrogens (tertiary/aromatic N) is 1. The second-order valence-corrected chi connectivity index (χ2v) is 5.31. The normalized spacial score (nSPS) is 20.6. The van der Waals surface area contributed by atoms with Crippen LogP contribution >= 0.6 is 0 Å². The van der Waals surface area contributed by atoms with Crippen LogP contribution in [0.3, 0.4) is 0 Å². The van der Waals surface area contributed by atoms with Crippen molar-refractivity contribution in [3.05, 3.63) is 0 Å². The van der Waals surface area contributed by atoms with E-state index in [1.807, 2.05) is 0 Å². The van der Waals surface area contributed by atoms with Crippen molar-refractivity contribution < 1.29 is 19.4 Å². The molecule has 1 saturated carbocycles. The average Bonchev–Trinajstić information content (AvgIpc) is 3.16. The molecule has 1 aliphatic rings. The van der Waals surface area contributed by atoms with Gasteiger partial charge in [0, 0.05) is 26.2 Å². The van der Waals surface area contributed by atoms with E-state index in [2.05, 4.69) is 16.6 Å². The SMILES string of the molecule is COCCN(CC(C)(O)C(=O)OC)C(C)C1CC1. The van der Waals surface area contributed by atoms with E-state index in [-0.39, 0.29) is 6.54 Å². The lowest BCUT2D eigenvalue weighted by Crippen LogP contribution is -2.51. The molecule has 1 rings (SSSR count). The molecule has 0 aliphatic heterocycles. The zero-order chi connectivity index (χ0) is 13.8. The molecule has 1 aliphatic carbocycles. The minimum atomic E-state index is -1.47. The molecule has 0 aromatic carbocycles. The molecule has 18 heavy (non-hydrogen) atoms. The van der Waals surface area contributed by atoms with Crippen molar-refractivity contribution in [2.75, 3.05) is 33.9 Å². The summed E-state index contributed by atoms with van der Waals surface area (Å²) in [5.74, 6) is 0.0863. The molecule has 0 heterocycles. The largest absolute Gasteiger partial charge is 0.467 e. The molecule has 1 N–H and O–H groups in total. The zero-order valence-electron chi connectivity index (χ0n) is 11.8. The van der Waals surface area contributed by atoms with Gasteiger partial charge < -0.3 is 14.6 Å². The molecule has 0 amide bonds. The number of methoxy groups -OCH3 is 2. The highest BCUT2D eigenvalue weighted by atomic mass is 16.5. The monoisotopic (exact) mass is 259 g/mol. The van der Waals surface area contributed by atoms with E-state index in [9.17, 15) is 9.90 Å². The van der Waals surface area contributed by atoms with Crippen LogP contribution in [0.25, 0.3) is 0 Å². The number of hydrogen-bond donors (Lipinski definition) is 1. The van der Waals surface area contributed by atoms with Crippen LogP contribution in [-0.2, 0) is 14.3 Å². The molecule has 2 atom stereocenters. The van der Waals surface area contributed by atoms with Gasteiger partial charge in [-0.25, -0.2) is 4.79 Å². The molecule has 5 heteroatoms. The summed E-state index contributed by atoms with van der Waals surface area (Å²) in [6, 6.07) is 0.358. The first-order chi connectivity index (χ1) is 8.42. The van der Waals surface area contributed by atoms with Crippen LogP contribution in [0.2, 0.25) is 0 Å². The van der Waals surface area contributed by atoms with E-state index >= 15 is 0 Å². The van der Waals surface area contributed by atoms with E-state index in [0.717, 1.165) is 0 Å². The standard InChI is InChI=1S/C13H25NO4/c1-10(11-5-6-11)14(7-8-17-3)9-13(2,16)12(15)18-4/h10-11,16H,5-9H2,1-4H3. The van der Waals surface area contributed by atoms with Crippen LogP contribution in [0.15, 0.2) is 0 Å². The van der Waals surface area contributed by atoms with Gasteiger partial charge >= 0.3 is 5.97 Å². The summed E-state index contributed by atoms with van der Waals surface area (Å²) in [5.41, 5.74) is -1.47. The Hall–Kier alpha value is -0.650. The van der Waals surface area contributed by atoms with Crippen LogP contribution in [0.4, 0.5) is 0 Å². The van der Waals surface area contributed by atoms with Gasteiger partial charge in [-0.3, -0.25) is 4.90 Å². The van der Waals surface area contributed by atoms with Crippen LogP contribution in [0, 0.1) is 5.92 Å². The van der Waals surface area contributed by atoms with Gasteiger partial charge in [-0.1, -0.05) is 0 Å². The fourth-order valence-electron chi connectivity index (χ4n) is 2.19. The maximum Gasteiger partial charge on any atom is 0.338 e. The lowest BCUT2D eigenvalue weighted by atomic mass is 10.0. The molecule has 5 nitrogen and oxygen atoms in total. The molecule has 2 unspecified atom stereocenters. The Kier molecular flexibility index (Phi) is 5.56. The number of carbonyl (C=O) groups excluding carboxylic acids is 1. The Morgan fingerprint density at radius 3 is 2.56 bits per heavy atom. The molecule has 0 spiro atoms. The van der Waals surface area contributed by atoms with Crippen molar-refractivity contribution in [2.45, 2.75) is 38.3 Å². The number of ether oxygens (including phenoxy) is 2. The number of aliphatic hydroxyl groups is 1. The first kappa shape index (κ1) is 15.4. The van der Waals surface area contributed by atoms with Crippen molar-refractivity contribution in [3.63, 3.8) is 0 Å². The molecule has 0 aromatic rings. The summed E-state index contributed by atoms with van der Waals surface area (Å²) >= 11 is 0. The Bertz CT molecular complexity index is 276. The molecule has 0 saturated heterocycles. The minimum absolute atomic E-state index is 0.278. The molecule has 0 radical (unpaired) electrons. The Morgan fingerprint density at radius 2 is 2.11 bits per heavy atom. The van der Waals surface area contributed by atoms with Crippen LogP contribution in [0.1, 0.15) is 26.7 Å². The van der Waals surface area contributed by atoms with E-state index < -0.39 is 11.6 Å². The second kappa shape index (κ2) is 6.50. The van der Waals surface area contributed by atoms with E-state index in [4.69, 9.17) is 4.74 Å². The first-order valence-electron chi connectivity index (χ1n) is 6.46. The highest BCUT2D eigenvalue weighted by molar-refractivity contribution is 5.78. The summed E-state index contributed by atoms with van der Waals surface area (Å²) in [6.07, 6.45) is 2.45. The first-order valence-corrected chi connectivity index (χ1v) is 6.46. The Morgan fingerprint density at radius 1 is 1.50 bits per heavy atom. The van der Waals surface area contributed by atoms with Gasteiger partial charge in [-0.15, -0.1) is 0 Å². The summed E-state index contributed by atoms with van der Waals surface area (Å²) in [6.45, 7) is 5.22. The fourth-order valence-corrected chi connectivity index (χ4v) is 2.19. The number of carbonyl (C=O) groups is 1. The number of hydrogen-bond acceptors (Lipinski definition) is 5. The predicted octanol–water partition coefficient (Wildman–Crippen LogP) is 0.657. The van der Waals surface area contributed by atoms with Crippen LogP contribution in [0.5, 0.6) is 0 Å². The van der Waals surface area contributed by atoms with Gasteiger partial charge in [-0.2, -0.15) is 0 Å². The summed E-state index contributed by atoms with van der Waals surface area (Å²) in [5, 5.41) is 10.1. The fraction of sp³-hybridized carbons (Fsp3) is 0.923. The second-order valence-electron chi connectivity index (χ2n) is 5.31. The van der Waals surface area contributed by atoms with Gasteiger partial charge in [0.05, 0.1) is 13.7 Å². The third-order valence-electron chi connectivity index (χ3n) is 3.60. The van der Waals surface area contributed by atoms with Crippen molar-refractivity contribution in [1.29, 1.82) is 0 Å². The zero-order valence-corrected chi connectivity index (χ0v) is 11.8. The van der Waals surface area contributed by atoms with Crippen molar-refractivity contribution in [1.82, 2.24) is 4.90 Å². The van der Waals surface area contributed by atoms with Gasteiger partial charge in [-0.05, 0) is 32.6 Å². The highest BCUT2D eigenvalue weighted by Gasteiger charge is 2.38. The number of esters is 1. The van der Waals surface area contributed by atoms with Gasteiger partial charge in [0.25, 0.3) is 0 Å². The maximum absolute atomic E-state index is 11.5. The third kappa shape index (κ3) is 4.23. The average molecular weight is 259 g/mol.